The highest BCUT2D eigenvalue weighted by Crippen LogP contribution is 2.33. The minimum atomic E-state index is -1.19. The van der Waals surface area contributed by atoms with Gasteiger partial charge in [-0.25, -0.2) is 0 Å². The quantitative estimate of drug-likeness (QED) is 0.722. The van der Waals surface area contributed by atoms with Gasteiger partial charge in [-0.05, 0) is 17.9 Å². The average molecular weight is 355 g/mol. The largest absolute Gasteiger partial charge is 0.550 e. The van der Waals surface area contributed by atoms with Crippen molar-refractivity contribution in [3.63, 3.8) is 0 Å². The van der Waals surface area contributed by atoms with E-state index in [0.29, 0.717) is 18.3 Å². The van der Waals surface area contributed by atoms with Crippen LogP contribution >= 0.6 is 15.9 Å². The number of carboxylic acid groups (broad SMARTS) is 1. The van der Waals surface area contributed by atoms with Crippen LogP contribution in [0.15, 0.2) is 30.3 Å². The van der Waals surface area contributed by atoms with Crippen molar-refractivity contribution in [3.05, 3.63) is 35.9 Å². The normalized spacial score (nSPS) is 15.0. The van der Waals surface area contributed by atoms with Crippen LogP contribution in [0.1, 0.15) is 31.7 Å². The second kappa shape index (κ2) is 8.82. The summed E-state index contributed by atoms with van der Waals surface area (Å²) in [4.78, 5) is 23.7. The van der Waals surface area contributed by atoms with Gasteiger partial charge < -0.3 is 15.2 Å². The molecule has 3 unspecified atom stereocenters. The summed E-state index contributed by atoms with van der Waals surface area (Å²) >= 11 is 3.25. The first-order valence-corrected chi connectivity index (χ1v) is 8.24. The number of carbonyl (C=O) groups excluding carboxylic acids is 2. The number of carbonyl (C=O) groups is 2. The van der Waals surface area contributed by atoms with Crippen molar-refractivity contribution < 1.29 is 14.7 Å². The van der Waals surface area contributed by atoms with E-state index >= 15 is 0 Å². The van der Waals surface area contributed by atoms with Gasteiger partial charge in [0.15, 0.2) is 0 Å². The van der Waals surface area contributed by atoms with Crippen LogP contribution in [0.4, 0.5) is 0 Å². The van der Waals surface area contributed by atoms with E-state index < -0.39 is 17.8 Å². The van der Waals surface area contributed by atoms with Crippen molar-refractivity contribution in [3.8, 4) is 0 Å². The first kappa shape index (κ1) is 17.7. The van der Waals surface area contributed by atoms with Crippen LogP contribution in [0.3, 0.4) is 0 Å². The molecule has 3 atom stereocenters. The van der Waals surface area contributed by atoms with E-state index in [1.165, 1.54) is 0 Å². The minimum absolute atomic E-state index is 0.144. The lowest BCUT2D eigenvalue weighted by Crippen LogP contribution is -2.44. The van der Waals surface area contributed by atoms with Crippen LogP contribution in [0.5, 0.6) is 0 Å². The molecule has 0 radical (unpaired) electrons. The van der Waals surface area contributed by atoms with Gasteiger partial charge in [-0.1, -0.05) is 60.1 Å². The van der Waals surface area contributed by atoms with Crippen LogP contribution in [-0.2, 0) is 9.59 Å². The average Bonchev–Trinajstić information content (AvgIpc) is 2.50. The Morgan fingerprint density at radius 2 is 1.90 bits per heavy atom. The highest BCUT2D eigenvalue weighted by Gasteiger charge is 2.33. The topological polar surface area (TPSA) is 69.2 Å². The molecule has 4 nitrogen and oxygen atoms in total. The zero-order valence-electron chi connectivity index (χ0n) is 12.3. The van der Waals surface area contributed by atoms with Crippen molar-refractivity contribution in [2.24, 2.45) is 11.8 Å². The third-order valence-corrected chi connectivity index (χ3v) is 4.10. The van der Waals surface area contributed by atoms with E-state index in [9.17, 15) is 14.7 Å². The number of rotatable bonds is 8. The lowest BCUT2D eigenvalue weighted by molar-refractivity contribution is -0.312. The van der Waals surface area contributed by atoms with E-state index in [2.05, 4.69) is 21.2 Å². The third-order valence-electron chi connectivity index (χ3n) is 3.71. The molecule has 1 N–H and O–H groups in total. The number of hydrogen-bond acceptors (Lipinski definition) is 3. The van der Waals surface area contributed by atoms with Crippen LogP contribution in [0.2, 0.25) is 0 Å². The van der Waals surface area contributed by atoms with Crippen molar-refractivity contribution in [2.45, 2.75) is 26.2 Å². The maximum atomic E-state index is 12.4. The zero-order valence-corrected chi connectivity index (χ0v) is 13.9. The summed E-state index contributed by atoms with van der Waals surface area (Å²) in [5, 5.41) is 14.7. The summed E-state index contributed by atoms with van der Waals surface area (Å²) in [5.74, 6) is -3.05. The van der Waals surface area contributed by atoms with E-state index in [0.717, 1.165) is 5.56 Å². The van der Waals surface area contributed by atoms with Gasteiger partial charge in [-0.15, -0.1) is 0 Å². The maximum absolute atomic E-state index is 12.4. The number of amides is 1. The number of aliphatic carboxylic acids is 1. The Hall–Kier alpha value is -1.36. The monoisotopic (exact) mass is 354 g/mol. The Morgan fingerprint density at radius 3 is 2.38 bits per heavy atom. The Labute approximate surface area is 134 Å². The molecule has 5 heteroatoms. The number of hydrogen-bond donors (Lipinski definition) is 1. The fraction of sp³-hybridized carbons (Fsp3) is 0.500. The number of alkyl halides is 1. The zero-order chi connectivity index (χ0) is 15.8. The van der Waals surface area contributed by atoms with Gasteiger partial charge in [0.1, 0.15) is 0 Å². The predicted octanol–water partition coefficient (Wildman–Crippen LogP) is 1.69. The van der Waals surface area contributed by atoms with Crippen LogP contribution in [0.25, 0.3) is 0 Å². The summed E-state index contributed by atoms with van der Waals surface area (Å²) < 4.78 is 0. The van der Waals surface area contributed by atoms with Gasteiger partial charge in [-0.2, -0.15) is 0 Å². The SMILES string of the molecule is CCC(c1ccccc1)C(C(=O)NCCBr)C(C)C(=O)[O-]. The summed E-state index contributed by atoms with van der Waals surface area (Å²) in [6.45, 7) is 3.98. The standard InChI is InChI=1S/C16H22BrNO3/c1-3-13(12-7-5-4-6-8-12)14(11(2)16(20)21)15(19)18-10-9-17/h4-8,11,13-14H,3,9-10H2,1-2H3,(H,18,19)(H,20,21)/p-1. The molecular weight excluding hydrogens is 334 g/mol. The molecule has 21 heavy (non-hydrogen) atoms. The van der Waals surface area contributed by atoms with Gasteiger partial charge in [0.05, 0.1) is 5.92 Å². The maximum Gasteiger partial charge on any atom is 0.224 e. The molecule has 1 aromatic rings. The number of benzene rings is 1. The van der Waals surface area contributed by atoms with Crippen molar-refractivity contribution in [2.75, 3.05) is 11.9 Å². The van der Waals surface area contributed by atoms with E-state index in [1.54, 1.807) is 6.92 Å². The Balaban J connectivity index is 3.08. The molecule has 0 fully saturated rings. The first-order chi connectivity index (χ1) is 10.0. The molecule has 0 bridgehead atoms. The Morgan fingerprint density at radius 1 is 1.29 bits per heavy atom. The molecule has 0 aliphatic carbocycles. The Kier molecular flexibility index (Phi) is 7.43. The molecular formula is C16H21BrNO3-. The second-order valence-electron chi connectivity index (χ2n) is 5.04. The summed E-state index contributed by atoms with van der Waals surface area (Å²) in [5.41, 5.74) is 0.979. The summed E-state index contributed by atoms with van der Waals surface area (Å²) in [6.07, 6.45) is 0.689. The lowest BCUT2D eigenvalue weighted by Gasteiger charge is -2.31. The predicted molar refractivity (Wildman–Crippen MR) is 83.9 cm³/mol. The van der Waals surface area contributed by atoms with E-state index in [4.69, 9.17) is 0 Å². The molecule has 0 heterocycles. The molecule has 1 rings (SSSR count). The molecule has 0 spiro atoms. The smallest absolute Gasteiger partial charge is 0.224 e. The molecule has 0 aromatic heterocycles. The van der Waals surface area contributed by atoms with Crippen molar-refractivity contribution in [1.82, 2.24) is 5.32 Å². The lowest BCUT2D eigenvalue weighted by atomic mass is 9.76. The molecule has 116 valence electrons. The van der Waals surface area contributed by atoms with Gasteiger partial charge in [0.25, 0.3) is 0 Å². The van der Waals surface area contributed by atoms with Gasteiger partial charge in [0, 0.05) is 23.8 Å². The van der Waals surface area contributed by atoms with Gasteiger partial charge >= 0.3 is 0 Å². The van der Waals surface area contributed by atoms with E-state index in [1.807, 2.05) is 37.3 Å². The first-order valence-electron chi connectivity index (χ1n) is 7.12. The fourth-order valence-electron chi connectivity index (χ4n) is 2.59. The Bertz CT molecular complexity index is 464. The third kappa shape index (κ3) is 4.84. The fourth-order valence-corrected chi connectivity index (χ4v) is 2.79. The second-order valence-corrected chi connectivity index (χ2v) is 5.83. The highest BCUT2D eigenvalue weighted by molar-refractivity contribution is 9.09. The number of nitrogens with one attached hydrogen (secondary N) is 1. The van der Waals surface area contributed by atoms with Crippen molar-refractivity contribution in [1.29, 1.82) is 0 Å². The summed E-state index contributed by atoms with van der Waals surface area (Å²) in [7, 11) is 0. The van der Waals surface area contributed by atoms with Crippen LogP contribution < -0.4 is 10.4 Å². The van der Waals surface area contributed by atoms with Gasteiger partial charge in [-0.3, -0.25) is 4.79 Å². The molecule has 0 saturated carbocycles. The summed E-state index contributed by atoms with van der Waals surface area (Å²) in [6, 6.07) is 9.56. The minimum Gasteiger partial charge on any atom is -0.550 e. The molecule has 0 aliphatic rings. The molecule has 0 saturated heterocycles. The number of halogens is 1. The van der Waals surface area contributed by atoms with E-state index in [-0.39, 0.29) is 11.8 Å². The molecule has 0 aliphatic heterocycles. The molecule has 1 amide bonds. The number of carboxylic acids is 1. The molecule has 1 aromatic carbocycles. The highest BCUT2D eigenvalue weighted by atomic mass is 79.9. The van der Waals surface area contributed by atoms with Gasteiger partial charge in [0.2, 0.25) is 5.91 Å². The van der Waals surface area contributed by atoms with Crippen LogP contribution in [-0.4, -0.2) is 23.8 Å². The van der Waals surface area contributed by atoms with Crippen LogP contribution in [0, 0.1) is 11.8 Å². The van der Waals surface area contributed by atoms with Crippen molar-refractivity contribution >= 4 is 27.8 Å².